The summed E-state index contributed by atoms with van der Waals surface area (Å²) in [5, 5.41) is 13.6. The first-order valence-corrected chi connectivity index (χ1v) is 4.48. The molecular weight excluding hydrogens is 182 g/mol. The van der Waals surface area contributed by atoms with Gasteiger partial charge in [0.2, 0.25) is 0 Å². The zero-order valence-corrected chi connectivity index (χ0v) is 7.86. The zero-order valence-electron chi connectivity index (χ0n) is 7.86. The van der Waals surface area contributed by atoms with E-state index in [0.717, 1.165) is 18.5 Å². The van der Waals surface area contributed by atoms with Gasteiger partial charge in [0, 0.05) is 6.07 Å². The third kappa shape index (κ3) is 1.35. The Labute approximate surface area is 81.3 Å². The van der Waals surface area contributed by atoms with Gasteiger partial charge in [0.15, 0.2) is 0 Å². The lowest BCUT2D eigenvalue weighted by atomic mass is 10.1. The van der Waals surface area contributed by atoms with Crippen LogP contribution in [0, 0.1) is 10.1 Å². The molecule has 1 aliphatic carbocycles. The summed E-state index contributed by atoms with van der Waals surface area (Å²) in [7, 11) is 1.89. The number of nitro groups is 1. The van der Waals surface area contributed by atoms with Gasteiger partial charge in [-0.25, -0.2) is 0 Å². The Morgan fingerprint density at radius 2 is 2.29 bits per heavy atom. The maximum atomic E-state index is 10.4. The van der Waals surface area contributed by atoms with E-state index in [-0.39, 0.29) is 11.2 Å². The van der Waals surface area contributed by atoms with E-state index in [2.05, 4.69) is 10.3 Å². The van der Waals surface area contributed by atoms with Gasteiger partial charge in [-0.1, -0.05) is 0 Å². The summed E-state index contributed by atoms with van der Waals surface area (Å²) in [6.07, 6.45) is 3.41. The zero-order chi connectivity index (χ0) is 10.2. The Kier molecular flexibility index (Phi) is 1.96. The molecule has 0 unspecified atom stereocenters. The molecule has 0 aromatic carbocycles. The molecule has 0 spiro atoms. The molecule has 0 atom stereocenters. The molecule has 1 fully saturated rings. The highest BCUT2D eigenvalue weighted by Crippen LogP contribution is 2.44. The van der Waals surface area contributed by atoms with Crippen LogP contribution in [0.3, 0.4) is 0 Å². The highest BCUT2D eigenvalue weighted by atomic mass is 16.6. The maximum absolute atomic E-state index is 10.4. The third-order valence-corrected chi connectivity index (χ3v) is 2.68. The second-order valence-corrected chi connectivity index (χ2v) is 3.49. The highest BCUT2D eigenvalue weighted by Gasteiger charge is 2.44. The molecule has 0 aliphatic heterocycles. The molecule has 1 saturated carbocycles. The van der Waals surface area contributed by atoms with Gasteiger partial charge >= 0.3 is 0 Å². The predicted molar refractivity (Wildman–Crippen MR) is 50.9 cm³/mol. The Bertz CT molecular complexity index is 357. The average Bonchev–Trinajstić information content (AvgIpc) is 2.99. The topological polar surface area (TPSA) is 68.1 Å². The molecule has 1 aromatic rings. The summed E-state index contributed by atoms with van der Waals surface area (Å²) in [5.74, 6) is 0. The van der Waals surface area contributed by atoms with Crippen LogP contribution in [0.25, 0.3) is 0 Å². The van der Waals surface area contributed by atoms with Gasteiger partial charge in [-0.05, 0) is 26.0 Å². The summed E-state index contributed by atoms with van der Waals surface area (Å²) < 4.78 is 0. The van der Waals surface area contributed by atoms with Crippen LogP contribution in [0.5, 0.6) is 0 Å². The Morgan fingerprint density at radius 1 is 1.57 bits per heavy atom. The van der Waals surface area contributed by atoms with E-state index in [9.17, 15) is 10.1 Å². The van der Waals surface area contributed by atoms with E-state index >= 15 is 0 Å². The second kappa shape index (κ2) is 3.02. The van der Waals surface area contributed by atoms with Crippen molar-refractivity contribution in [2.75, 3.05) is 7.05 Å². The summed E-state index contributed by atoms with van der Waals surface area (Å²) in [4.78, 5) is 14.1. The summed E-state index contributed by atoms with van der Waals surface area (Å²) in [5.41, 5.74) is 0.918. The van der Waals surface area contributed by atoms with Crippen molar-refractivity contribution >= 4 is 5.69 Å². The minimum Gasteiger partial charge on any atom is -0.309 e. The minimum atomic E-state index is -0.435. The second-order valence-electron chi connectivity index (χ2n) is 3.49. The first-order valence-electron chi connectivity index (χ1n) is 4.48. The highest BCUT2D eigenvalue weighted by molar-refractivity contribution is 5.31. The fourth-order valence-corrected chi connectivity index (χ4v) is 1.54. The molecule has 0 bridgehead atoms. The summed E-state index contributed by atoms with van der Waals surface area (Å²) in [6, 6.07) is 3.22. The molecule has 0 radical (unpaired) electrons. The van der Waals surface area contributed by atoms with Gasteiger partial charge in [-0.15, -0.1) is 0 Å². The van der Waals surface area contributed by atoms with Crippen LogP contribution in [-0.4, -0.2) is 17.0 Å². The van der Waals surface area contributed by atoms with E-state index in [1.54, 1.807) is 6.07 Å². The van der Waals surface area contributed by atoms with Crippen molar-refractivity contribution in [3.8, 4) is 0 Å². The Hall–Kier alpha value is -1.49. The van der Waals surface area contributed by atoms with Crippen LogP contribution in [0.1, 0.15) is 18.5 Å². The van der Waals surface area contributed by atoms with Gasteiger partial charge < -0.3 is 5.32 Å². The van der Waals surface area contributed by atoms with Gasteiger partial charge in [0.25, 0.3) is 5.69 Å². The molecular formula is C9H11N3O2. The average molecular weight is 193 g/mol. The minimum absolute atomic E-state index is 0.0187. The van der Waals surface area contributed by atoms with E-state index < -0.39 is 4.92 Å². The van der Waals surface area contributed by atoms with Gasteiger partial charge in [-0.2, -0.15) is 0 Å². The number of hydrogen-bond acceptors (Lipinski definition) is 4. The third-order valence-electron chi connectivity index (χ3n) is 2.68. The van der Waals surface area contributed by atoms with Crippen LogP contribution >= 0.6 is 0 Å². The van der Waals surface area contributed by atoms with E-state index in [0.29, 0.717) is 0 Å². The molecule has 0 saturated heterocycles. The van der Waals surface area contributed by atoms with Gasteiger partial charge in [-0.3, -0.25) is 15.1 Å². The van der Waals surface area contributed by atoms with Crippen LogP contribution in [0.2, 0.25) is 0 Å². The molecule has 2 rings (SSSR count). The van der Waals surface area contributed by atoms with Crippen molar-refractivity contribution in [1.82, 2.24) is 10.3 Å². The van der Waals surface area contributed by atoms with Crippen molar-refractivity contribution in [3.63, 3.8) is 0 Å². The lowest BCUT2D eigenvalue weighted by molar-refractivity contribution is -0.385. The quantitative estimate of drug-likeness (QED) is 0.578. The van der Waals surface area contributed by atoms with Crippen molar-refractivity contribution in [1.29, 1.82) is 0 Å². The molecule has 1 heterocycles. The Balaban J connectivity index is 2.26. The SMILES string of the molecule is CNC1(c2ccc([N+](=O)[O-])cn2)CC1. The predicted octanol–water partition coefficient (Wildman–Crippen LogP) is 1.20. The lowest BCUT2D eigenvalue weighted by Gasteiger charge is -2.12. The molecule has 0 amide bonds. The standard InChI is InChI=1S/C9H11N3O2/c1-10-9(4-5-9)8-3-2-7(6-11-8)12(13)14/h2-3,6,10H,4-5H2,1H3. The normalized spacial score (nSPS) is 17.8. The number of rotatable bonds is 3. The van der Waals surface area contributed by atoms with Gasteiger partial charge in [0.05, 0.1) is 16.2 Å². The molecule has 1 aliphatic rings. The molecule has 74 valence electrons. The monoisotopic (exact) mass is 193 g/mol. The van der Waals surface area contributed by atoms with E-state index in [1.165, 1.54) is 12.3 Å². The van der Waals surface area contributed by atoms with Crippen LogP contribution in [0.4, 0.5) is 5.69 Å². The summed E-state index contributed by atoms with van der Waals surface area (Å²) >= 11 is 0. The molecule has 1 aromatic heterocycles. The van der Waals surface area contributed by atoms with Crippen LogP contribution in [0.15, 0.2) is 18.3 Å². The fourth-order valence-electron chi connectivity index (χ4n) is 1.54. The number of aromatic nitrogens is 1. The number of hydrogen-bond donors (Lipinski definition) is 1. The maximum Gasteiger partial charge on any atom is 0.287 e. The molecule has 5 heteroatoms. The van der Waals surface area contributed by atoms with Crippen molar-refractivity contribution in [3.05, 3.63) is 34.1 Å². The fraction of sp³-hybridized carbons (Fsp3) is 0.444. The van der Waals surface area contributed by atoms with Crippen molar-refractivity contribution in [2.24, 2.45) is 0 Å². The summed E-state index contributed by atoms with van der Waals surface area (Å²) in [6.45, 7) is 0. The molecule has 1 N–H and O–H groups in total. The Morgan fingerprint density at radius 3 is 2.64 bits per heavy atom. The number of pyridine rings is 1. The van der Waals surface area contributed by atoms with Gasteiger partial charge in [0.1, 0.15) is 6.20 Å². The first-order chi connectivity index (χ1) is 6.68. The smallest absolute Gasteiger partial charge is 0.287 e. The molecule has 5 nitrogen and oxygen atoms in total. The van der Waals surface area contributed by atoms with Crippen LogP contribution in [-0.2, 0) is 5.54 Å². The molecule has 14 heavy (non-hydrogen) atoms. The number of nitrogens with one attached hydrogen (secondary N) is 1. The lowest BCUT2D eigenvalue weighted by Crippen LogP contribution is -2.25. The van der Waals surface area contributed by atoms with Crippen LogP contribution < -0.4 is 5.32 Å². The number of nitrogens with zero attached hydrogens (tertiary/aromatic N) is 2. The first kappa shape index (κ1) is 9.08. The van der Waals surface area contributed by atoms with E-state index in [1.807, 2.05) is 7.05 Å². The van der Waals surface area contributed by atoms with Crippen molar-refractivity contribution in [2.45, 2.75) is 18.4 Å². The van der Waals surface area contributed by atoms with E-state index in [4.69, 9.17) is 0 Å². The largest absolute Gasteiger partial charge is 0.309 e. The van der Waals surface area contributed by atoms with Crippen molar-refractivity contribution < 1.29 is 4.92 Å².